The van der Waals surface area contributed by atoms with E-state index in [0.29, 0.717) is 19.1 Å². The van der Waals surface area contributed by atoms with Crippen LogP contribution in [0, 0.1) is 11.8 Å². The standard InChI is InChI=1S/C13H26N4O2/c1-9(2)11(12(14)15-19)13(18)17-7-5-16(6-8-17)10(3)4/h9-11,19H,5-8H2,1-4H3,(H2,14,15). The molecule has 19 heavy (non-hydrogen) atoms. The molecule has 0 bridgehead atoms. The van der Waals surface area contributed by atoms with Crippen LogP contribution in [0.25, 0.3) is 0 Å². The molecule has 0 aliphatic carbocycles. The molecule has 0 spiro atoms. The molecule has 110 valence electrons. The van der Waals surface area contributed by atoms with Crippen molar-refractivity contribution in [1.29, 1.82) is 0 Å². The van der Waals surface area contributed by atoms with E-state index in [2.05, 4.69) is 23.9 Å². The maximum atomic E-state index is 12.5. The lowest BCUT2D eigenvalue weighted by molar-refractivity contribution is -0.136. The molecule has 1 amide bonds. The third-order valence-electron chi connectivity index (χ3n) is 3.72. The molecule has 0 aromatic rings. The Kier molecular flexibility index (Phi) is 5.60. The number of amides is 1. The highest BCUT2D eigenvalue weighted by molar-refractivity contribution is 6.02. The molecule has 1 atom stereocenters. The van der Waals surface area contributed by atoms with Crippen molar-refractivity contribution < 1.29 is 10.0 Å². The van der Waals surface area contributed by atoms with Crippen LogP contribution >= 0.6 is 0 Å². The second-order valence-electron chi connectivity index (χ2n) is 5.70. The van der Waals surface area contributed by atoms with Crippen LogP contribution in [0.1, 0.15) is 27.7 Å². The summed E-state index contributed by atoms with van der Waals surface area (Å²) in [5.41, 5.74) is 5.64. The first-order valence-corrected chi connectivity index (χ1v) is 6.88. The van der Waals surface area contributed by atoms with Crippen molar-refractivity contribution >= 4 is 11.7 Å². The van der Waals surface area contributed by atoms with Gasteiger partial charge < -0.3 is 15.8 Å². The number of hydrogen-bond donors (Lipinski definition) is 2. The van der Waals surface area contributed by atoms with Gasteiger partial charge in [-0.1, -0.05) is 19.0 Å². The fourth-order valence-corrected chi connectivity index (χ4v) is 2.47. The van der Waals surface area contributed by atoms with Crippen molar-refractivity contribution in [3.8, 4) is 0 Å². The number of carbonyl (C=O) groups is 1. The number of carbonyl (C=O) groups excluding carboxylic acids is 1. The zero-order valence-corrected chi connectivity index (χ0v) is 12.3. The van der Waals surface area contributed by atoms with Gasteiger partial charge in [0.1, 0.15) is 5.92 Å². The molecule has 0 radical (unpaired) electrons. The Morgan fingerprint density at radius 3 is 2.05 bits per heavy atom. The van der Waals surface area contributed by atoms with Crippen molar-refractivity contribution in [2.45, 2.75) is 33.7 Å². The fourth-order valence-electron chi connectivity index (χ4n) is 2.47. The molecular weight excluding hydrogens is 244 g/mol. The predicted molar refractivity (Wildman–Crippen MR) is 75.0 cm³/mol. The monoisotopic (exact) mass is 270 g/mol. The first kappa shape index (κ1) is 15.8. The molecule has 0 saturated carbocycles. The van der Waals surface area contributed by atoms with Gasteiger partial charge in [-0.2, -0.15) is 0 Å². The van der Waals surface area contributed by atoms with E-state index in [9.17, 15) is 4.79 Å². The van der Waals surface area contributed by atoms with Gasteiger partial charge >= 0.3 is 0 Å². The van der Waals surface area contributed by atoms with E-state index in [1.807, 2.05) is 18.7 Å². The van der Waals surface area contributed by atoms with E-state index in [1.165, 1.54) is 0 Å². The van der Waals surface area contributed by atoms with Crippen LogP contribution in [0.5, 0.6) is 0 Å². The summed E-state index contributed by atoms with van der Waals surface area (Å²) in [6, 6.07) is 0.502. The van der Waals surface area contributed by atoms with Gasteiger partial charge in [0, 0.05) is 32.2 Å². The topological polar surface area (TPSA) is 82.2 Å². The molecule has 1 aliphatic rings. The van der Waals surface area contributed by atoms with Gasteiger partial charge in [0.2, 0.25) is 5.91 Å². The zero-order valence-electron chi connectivity index (χ0n) is 12.3. The average Bonchev–Trinajstić information content (AvgIpc) is 2.38. The smallest absolute Gasteiger partial charge is 0.233 e. The Hall–Kier alpha value is -1.30. The highest BCUT2D eigenvalue weighted by Crippen LogP contribution is 2.17. The number of hydrogen-bond acceptors (Lipinski definition) is 4. The molecule has 1 unspecified atom stereocenters. The Balaban J connectivity index is 2.68. The summed E-state index contributed by atoms with van der Waals surface area (Å²) in [5, 5.41) is 11.8. The molecule has 1 fully saturated rings. The van der Waals surface area contributed by atoms with Crippen LogP contribution in [0.4, 0.5) is 0 Å². The van der Waals surface area contributed by atoms with Crippen molar-refractivity contribution in [2.75, 3.05) is 26.2 Å². The highest BCUT2D eigenvalue weighted by Gasteiger charge is 2.32. The Morgan fingerprint density at radius 1 is 1.16 bits per heavy atom. The van der Waals surface area contributed by atoms with Crippen LogP contribution in [0.15, 0.2) is 5.16 Å². The summed E-state index contributed by atoms with van der Waals surface area (Å²) in [7, 11) is 0. The SMILES string of the molecule is CC(C)C(C(=O)N1CCN(C(C)C)CC1)C(N)=NO. The van der Waals surface area contributed by atoms with Gasteiger partial charge in [-0.25, -0.2) is 0 Å². The number of nitrogens with zero attached hydrogens (tertiary/aromatic N) is 3. The quantitative estimate of drug-likeness (QED) is 0.338. The minimum Gasteiger partial charge on any atom is -0.409 e. The maximum absolute atomic E-state index is 12.5. The van der Waals surface area contributed by atoms with Crippen molar-refractivity contribution in [1.82, 2.24) is 9.80 Å². The minimum absolute atomic E-state index is 0.00582. The highest BCUT2D eigenvalue weighted by atomic mass is 16.4. The second-order valence-corrected chi connectivity index (χ2v) is 5.70. The molecular formula is C13H26N4O2. The molecule has 6 nitrogen and oxygen atoms in total. The van der Waals surface area contributed by atoms with Crippen LogP contribution in [0.2, 0.25) is 0 Å². The van der Waals surface area contributed by atoms with Gasteiger partial charge in [0.25, 0.3) is 0 Å². The summed E-state index contributed by atoms with van der Waals surface area (Å²) in [5.74, 6) is -0.540. The van der Waals surface area contributed by atoms with Crippen molar-refractivity contribution in [3.05, 3.63) is 0 Å². The fraction of sp³-hybridized carbons (Fsp3) is 0.846. The molecule has 3 N–H and O–H groups in total. The average molecular weight is 270 g/mol. The number of rotatable bonds is 4. The largest absolute Gasteiger partial charge is 0.409 e. The van der Waals surface area contributed by atoms with Crippen molar-refractivity contribution in [3.63, 3.8) is 0 Å². The Bertz CT molecular complexity index is 334. The maximum Gasteiger partial charge on any atom is 0.233 e. The number of amidine groups is 1. The Labute approximate surface area is 115 Å². The molecule has 1 saturated heterocycles. The predicted octanol–water partition coefficient (Wildman–Crippen LogP) is 0.558. The molecule has 6 heteroatoms. The van der Waals surface area contributed by atoms with Gasteiger partial charge in [0.05, 0.1) is 0 Å². The number of oxime groups is 1. The third kappa shape index (κ3) is 3.83. The van der Waals surface area contributed by atoms with Gasteiger partial charge in [-0.05, 0) is 19.8 Å². The molecule has 1 rings (SSSR count). The van der Waals surface area contributed by atoms with Crippen molar-refractivity contribution in [2.24, 2.45) is 22.7 Å². The summed E-state index contributed by atoms with van der Waals surface area (Å²) < 4.78 is 0. The minimum atomic E-state index is -0.532. The summed E-state index contributed by atoms with van der Waals surface area (Å²) in [6.07, 6.45) is 0. The van der Waals surface area contributed by atoms with Gasteiger partial charge in [0.15, 0.2) is 5.84 Å². The van der Waals surface area contributed by atoms with Gasteiger partial charge in [-0.15, -0.1) is 0 Å². The number of nitrogens with two attached hydrogens (primary N) is 1. The van der Waals surface area contributed by atoms with Crippen LogP contribution in [-0.2, 0) is 4.79 Å². The lowest BCUT2D eigenvalue weighted by atomic mass is 9.93. The second kappa shape index (κ2) is 6.75. The van der Waals surface area contributed by atoms with E-state index in [0.717, 1.165) is 13.1 Å². The summed E-state index contributed by atoms with van der Waals surface area (Å²) >= 11 is 0. The Morgan fingerprint density at radius 2 is 1.68 bits per heavy atom. The van der Waals surface area contributed by atoms with E-state index < -0.39 is 5.92 Å². The normalized spacial score (nSPS) is 20.1. The lowest BCUT2D eigenvalue weighted by Crippen LogP contribution is -2.54. The van der Waals surface area contributed by atoms with E-state index in [1.54, 1.807) is 0 Å². The van der Waals surface area contributed by atoms with Crippen LogP contribution < -0.4 is 5.73 Å². The van der Waals surface area contributed by atoms with E-state index in [-0.39, 0.29) is 17.7 Å². The molecule has 1 aliphatic heterocycles. The first-order chi connectivity index (χ1) is 8.88. The van der Waals surface area contributed by atoms with E-state index in [4.69, 9.17) is 10.9 Å². The summed E-state index contributed by atoms with van der Waals surface area (Å²) in [6.45, 7) is 11.3. The number of piperazine rings is 1. The first-order valence-electron chi connectivity index (χ1n) is 6.88. The molecule has 1 heterocycles. The van der Waals surface area contributed by atoms with Gasteiger partial charge in [-0.3, -0.25) is 9.69 Å². The van der Waals surface area contributed by atoms with E-state index >= 15 is 0 Å². The lowest BCUT2D eigenvalue weighted by Gasteiger charge is -2.38. The zero-order chi connectivity index (χ0) is 14.6. The van der Waals surface area contributed by atoms with Crippen LogP contribution in [-0.4, -0.2) is 59.0 Å². The summed E-state index contributed by atoms with van der Waals surface area (Å²) in [4.78, 5) is 16.6. The third-order valence-corrected chi connectivity index (χ3v) is 3.72. The van der Waals surface area contributed by atoms with Crippen LogP contribution in [0.3, 0.4) is 0 Å². The molecule has 0 aromatic heterocycles. The molecule has 0 aromatic carbocycles.